The molecule has 90 valence electrons. The number of nitrogens with zero attached hydrogens (tertiary/aromatic N) is 1. The van der Waals surface area contributed by atoms with Crippen LogP contribution in [-0.2, 0) is 6.18 Å². The van der Waals surface area contributed by atoms with Crippen LogP contribution in [0.2, 0.25) is 0 Å². The molecule has 0 aliphatic heterocycles. The SMILES string of the molecule is O=c1[nH]ccn1-c1ccc(F)c(C(F)(F)F)c1. The van der Waals surface area contributed by atoms with Crippen LogP contribution in [0.5, 0.6) is 0 Å². The number of H-pyrrole nitrogens is 1. The van der Waals surface area contributed by atoms with E-state index >= 15 is 0 Å². The molecule has 1 heterocycles. The molecule has 1 aromatic carbocycles. The zero-order valence-corrected chi connectivity index (χ0v) is 8.25. The number of halogens is 4. The van der Waals surface area contributed by atoms with E-state index in [1.54, 1.807) is 0 Å². The van der Waals surface area contributed by atoms with Crippen LogP contribution < -0.4 is 5.69 Å². The highest BCUT2D eigenvalue weighted by Gasteiger charge is 2.34. The van der Waals surface area contributed by atoms with Crippen molar-refractivity contribution in [2.24, 2.45) is 0 Å². The molecule has 2 aromatic rings. The van der Waals surface area contributed by atoms with Crippen LogP contribution in [0.1, 0.15) is 5.56 Å². The molecule has 2 rings (SSSR count). The molecular weight excluding hydrogens is 240 g/mol. The largest absolute Gasteiger partial charge is 0.419 e. The van der Waals surface area contributed by atoms with E-state index in [9.17, 15) is 22.4 Å². The van der Waals surface area contributed by atoms with Crippen molar-refractivity contribution in [2.45, 2.75) is 6.18 Å². The van der Waals surface area contributed by atoms with Gasteiger partial charge >= 0.3 is 11.9 Å². The highest BCUT2D eigenvalue weighted by molar-refractivity contribution is 5.37. The maximum Gasteiger partial charge on any atom is 0.419 e. The zero-order chi connectivity index (χ0) is 12.6. The van der Waals surface area contributed by atoms with Gasteiger partial charge in [0.1, 0.15) is 5.82 Å². The lowest BCUT2D eigenvalue weighted by Gasteiger charge is -2.09. The Hall–Kier alpha value is -2.05. The quantitative estimate of drug-likeness (QED) is 0.770. The summed E-state index contributed by atoms with van der Waals surface area (Å²) in [4.78, 5) is 13.5. The lowest BCUT2D eigenvalue weighted by molar-refractivity contribution is -0.140. The van der Waals surface area contributed by atoms with E-state index in [-0.39, 0.29) is 5.69 Å². The molecule has 1 aromatic heterocycles. The number of aromatic nitrogens is 2. The van der Waals surface area contributed by atoms with Gasteiger partial charge in [0.2, 0.25) is 0 Å². The fourth-order valence-electron chi connectivity index (χ4n) is 1.40. The molecule has 0 saturated carbocycles. The van der Waals surface area contributed by atoms with Gasteiger partial charge in [-0.15, -0.1) is 0 Å². The summed E-state index contributed by atoms with van der Waals surface area (Å²) in [6.45, 7) is 0. The normalized spacial score (nSPS) is 11.8. The lowest BCUT2D eigenvalue weighted by Crippen LogP contribution is -2.16. The Balaban J connectivity index is 2.60. The highest BCUT2D eigenvalue weighted by atomic mass is 19.4. The minimum atomic E-state index is -4.79. The van der Waals surface area contributed by atoms with E-state index in [4.69, 9.17) is 0 Å². The Kier molecular flexibility index (Phi) is 2.53. The monoisotopic (exact) mass is 246 g/mol. The molecular formula is C10H6F4N2O. The molecule has 0 saturated heterocycles. The second-order valence-electron chi connectivity index (χ2n) is 3.30. The number of benzene rings is 1. The van der Waals surface area contributed by atoms with Crippen molar-refractivity contribution in [1.82, 2.24) is 9.55 Å². The van der Waals surface area contributed by atoms with Gasteiger partial charge in [0.15, 0.2) is 0 Å². The smallest absolute Gasteiger partial charge is 0.312 e. The molecule has 0 aliphatic rings. The number of imidazole rings is 1. The fourth-order valence-corrected chi connectivity index (χ4v) is 1.40. The summed E-state index contributed by atoms with van der Waals surface area (Å²) in [5.41, 5.74) is -2.04. The second-order valence-corrected chi connectivity index (χ2v) is 3.30. The van der Waals surface area contributed by atoms with Gasteiger partial charge in [-0.1, -0.05) is 0 Å². The molecule has 0 atom stereocenters. The van der Waals surface area contributed by atoms with Crippen LogP contribution in [0.15, 0.2) is 35.4 Å². The lowest BCUT2D eigenvalue weighted by atomic mass is 10.2. The van der Waals surface area contributed by atoms with Crippen LogP contribution in [0.3, 0.4) is 0 Å². The van der Waals surface area contributed by atoms with E-state index in [0.717, 1.165) is 10.6 Å². The molecule has 0 amide bonds. The summed E-state index contributed by atoms with van der Waals surface area (Å²) in [5.74, 6) is -1.37. The van der Waals surface area contributed by atoms with Gasteiger partial charge in [-0.25, -0.2) is 9.18 Å². The van der Waals surface area contributed by atoms with Crippen molar-refractivity contribution in [1.29, 1.82) is 0 Å². The van der Waals surface area contributed by atoms with Gasteiger partial charge < -0.3 is 4.98 Å². The Morgan fingerprint density at radius 3 is 2.47 bits per heavy atom. The van der Waals surface area contributed by atoms with Crippen LogP contribution in [0.4, 0.5) is 17.6 Å². The predicted octanol–water partition coefficient (Wildman–Crippen LogP) is 2.32. The van der Waals surface area contributed by atoms with Gasteiger partial charge in [0, 0.05) is 12.4 Å². The van der Waals surface area contributed by atoms with E-state index in [0.29, 0.717) is 12.1 Å². The summed E-state index contributed by atoms with van der Waals surface area (Å²) < 4.78 is 51.3. The summed E-state index contributed by atoms with van der Waals surface area (Å²) in [6, 6.07) is 2.36. The zero-order valence-electron chi connectivity index (χ0n) is 8.25. The summed E-state index contributed by atoms with van der Waals surface area (Å²) >= 11 is 0. The second kappa shape index (κ2) is 3.76. The fraction of sp³-hybridized carbons (Fsp3) is 0.100. The Bertz CT molecular complexity index is 597. The molecule has 3 nitrogen and oxygen atoms in total. The van der Waals surface area contributed by atoms with Gasteiger partial charge in [-0.3, -0.25) is 4.57 Å². The van der Waals surface area contributed by atoms with Gasteiger partial charge in [-0.2, -0.15) is 13.2 Å². The Morgan fingerprint density at radius 2 is 1.94 bits per heavy atom. The number of aromatic amines is 1. The van der Waals surface area contributed by atoms with Crippen LogP contribution >= 0.6 is 0 Å². The average molecular weight is 246 g/mol. The maximum atomic E-state index is 13.0. The van der Waals surface area contributed by atoms with Crippen molar-refractivity contribution < 1.29 is 17.6 Å². The first-order valence-electron chi connectivity index (χ1n) is 4.53. The Labute approximate surface area is 92.3 Å². The number of hydrogen-bond donors (Lipinski definition) is 1. The van der Waals surface area contributed by atoms with E-state index < -0.39 is 23.2 Å². The van der Waals surface area contributed by atoms with Crippen molar-refractivity contribution in [3.05, 3.63) is 52.5 Å². The number of nitrogens with one attached hydrogen (secondary N) is 1. The first kappa shape index (κ1) is 11.4. The third-order valence-corrected chi connectivity index (χ3v) is 2.18. The van der Waals surface area contributed by atoms with Crippen LogP contribution in [0.25, 0.3) is 5.69 Å². The topological polar surface area (TPSA) is 37.8 Å². The van der Waals surface area contributed by atoms with Crippen molar-refractivity contribution in [3.8, 4) is 5.69 Å². The third-order valence-electron chi connectivity index (χ3n) is 2.18. The molecule has 0 spiro atoms. The number of alkyl halides is 3. The van der Waals surface area contributed by atoms with Crippen LogP contribution in [0, 0.1) is 5.82 Å². The highest BCUT2D eigenvalue weighted by Crippen LogP contribution is 2.32. The summed E-state index contributed by atoms with van der Waals surface area (Å²) in [5, 5.41) is 0. The van der Waals surface area contributed by atoms with Crippen molar-refractivity contribution in [2.75, 3.05) is 0 Å². The van der Waals surface area contributed by atoms with Crippen molar-refractivity contribution >= 4 is 0 Å². The third kappa shape index (κ3) is 2.08. The van der Waals surface area contributed by atoms with E-state index in [1.807, 2.05) is 0 Å². The van der Waals surface area contributed by atoms with E-state index in [1.165, 1.54) is 12.4 Å². The summed E-state index contributed by atoms with van der Waals surface area (Å²) in [6.07, 6.45) is -2.26. The molecule has 0 aliphatic carbocycles. The molecule has 0 fully saturated rings. The number of rotatable bonds is 1. The van der Waals surface area contributed by atoms with Crippen LogP contribution in [-0.4, -0.2) is 9.55 Å². The first-order valence-corrected chi connectivity index (χ1v) is 4.53. The molecule has 1 N–H and O–H groups in total. The molecule has 0 radical (unpaired) electrons. The first-order chi connectivity index (χ1) is 7.89. The average Bonchev–Trinajstić information content (AvgIpc) is 2.63. The van der Waals surface area contributed by atoms with Crippen molar-refractivity contribution in [3.63, 3.8) is 0 Å². The van der Waals surface area contributed by atoms with Gasteiger partial charge in [0.25, 0.3) is 0 Å². The minimum absolute atomic E-state index is 0.0509. The maximum absolute atomic E-state index is 13.0. The summed E-state index contributed by atoms with van der Waals surface area (Å²) in [7, 11) is 0. The molecule has 7 heteroatoms. The predicted molar refractivity (Wildman–Crippen MR) is 51.3 cm³/mol. The molecule has 0 bridgehead atoms. The molecule has 17 heavy (non-hydrogen) atoms. The van der Waals surface area contributed by atoms with Gasteiger partial charge in [0.05, 0.1) is 11.3 Å². The Morgan fingerprint density at radius 1 is 1.24 bits per heavy atom. The van der Waals surface area contributed by atoms with E-state index in [2.05, 4.69) is 4.98 Å². The standard InChI is InChI=1S/C10H6F4N2O/c11-8-2-1-6(5-7(8)10(12,13)14)16-4-3-15-9(16)17/h1-5H,(H,15,17). The molecule has 0 unspecified atom stereocenters. The van der Waals surface area contributed by atoms with Gasteiger partial charge in [-0.05, 0) is 18.2 Å². The minimum Gasteiger partial charge on any atom is -0.312 e. The number of hydrogen-bond acceptors (Lipinski definition) is 1.